The monoisotopic (exact) mass is 272 g/mol. The summed E-state index contributed by atoms with van der Waals surface area (Å²) in [6.07, 6.45) is 0.954. The van der Waals surface area contributed by atoms with Gasteiger partial charge in [-0.15, -0.1) is 0 Å². The molecule has 0 bridgehead atoms. The first kappa shape index (κ1) is 16.3. The Morgan fingerprint density at radius 2 is 2.10 bits per heavy atom. The highest BCUT2D eigenvalue weighted by atomic mass is 16.2. The molecule has 3 nitrogen and oxygen atoms in total. The SMILES string of the molecule is CCCN(C(=O)c1ccc(C)c(C#CCN)c1)C(C)C. The van der Waals surface area contributed by atoms with Crippen LogP contribution in [0.3, 0.4) is 0 Å². The second-order valence-electron chi connectivity index (χ2n) is 5.13. The first-order chi connectivity index (χ1) is 9.51. The molecule has 2 N–H and O–H groups in total. The number of nitrogens with two attached hydrogens (primary N) is 1. The number of aryl methyl sites for hydroxylation is 1. The zero-order valence-corrected chi connectivity index (χ0v) is 12.9. The quantitative estimate of drug-likeness (QED) is 0.856. The van der Waals surface area contributed by atoms with Crippen molar-refractivity contribution < 1.29 is 4.79 Å². The fourth-order valence-electron chi connectivity index (χ4n) is 2.04. The second-order valence-corrected chi connectivity index (χ2v) is 5.13. The maximum Gasteiger partial charge on any atom is 0.254 e. The molecule has 3 heteroatoms. The standard InChI is InChI=1S/C17H24N2O/c1-5-11-19(13(2)3)17(20)16-9-8-14(4)15(12-16)7-6-10-18/h8-9,12-13H,5,10-11,18H2,1-4H3. The third-order valence-corrected chi connectivity index (χ3v) is 3.16. The van der Waals surface area contributed by atoms with Crippen LogP contribution in [0.25, 0.3) is 0 Å². The van der Waals surface area contributed by atoms with E-state index in [0.29, 0.717) is 12.1 Å². The number of amides is 1. The summed E-state index contributed by atoms with van der Waals surface area (Å²) in [6, 6.07) is 5.88. The molecule has 0 aliphatic heterocycles. The molecule has 0 radical (unpaired) electrons. The van der Waals surface area contributed by atoms with Crippen molar-refractivity contribution in [3.05, 3.63) is 34.9 Å². The normalized spacial score (nSPS) is 10.1. The molecular weight excluding hydrogens is 248 g/mol. The van der Waals surface area contributed by atoms with Crippen LogP contribution in [0.2, 0.25) is 0 Å². The largest absolute Gasteiger partial charge is 0.336 e. The highest BCUT2D eigenvalue weighted by Gasteiger charge is 2.18. The summed E-state index contributed by atoms with van der Waals surface area (Å²) in [5.41, 5.74) is 8.04. The van der Waals surface area contributed by atoms with Crippen molar-refractivity contribution in [2.75, 3.05) is 13.1 Å². The average molecular weight is 272 g/mol. The van der Waals surface area contributed by atoms with Gasteiger partial charge in [-0.3, -0.25) is 4.79 Å². The third-order valence-electron chi connectivity index (χ3n) is 3.16. The Morgan fingerprint density at radius 1 is 1.40 bits per heavy atom. The fourth-order valence-corrected chi connectivity index (χ4v) is 2.04. The predicted octanol–water partition coefficient (Wildman–Crippen LogP) is 2.57. The Balaban J connectivity index is 3.09. The number of carbonyl (C=O) groups is 1. The molecule has 0 aliphatic carbocycles. The van der Waals surface area contributed by atoms with Crippen LogP contribution in [0, 0.1) is 18.8 Å². The van der Waals surface area contributed by atoms with Crippen molar-refractivity contribution in [1.82, 2.24) is 4.90 Å². The van der Waals surface area contributed by atoms with E-state index < -0.39 is 0 Å². The first-order valence-electron chi connectivity index (χ1n) is 7.11. The zero-order chi connectivity index (χ0) is 15.1. The molecule has 0 fully saturated rings. The van der Waals surface area contributed by atoms with E-state index in [1.807, 2.05) is 43.9 Å². The number of rotatable bonds is 4. The van der Waals surface area contributed by atoms with Crippen LogP contribution < -0.4 is 5.73 Å². The topological polar surface area (TPSA) is 46.3 Å². The Bertz CT molecular complexity index is 524. The van der Waals surface area contributed by atoms with Crippen LogP contribution in [0.4, 0.5) is 0 Å². The summed E-state index contributed by atoms with van der Waals surface area (Å²) in [5, 5.41) is 0. The lowest BCUT2D eigenvalue weighted by Gasteiger charge is -2.26. The van der Waals surface area contributed by atoms with Crippen LogP contribution >= 0.6 is 0 Å². The van der Waals surface area contributed by atoms with Crippen LogP contribution in [0.5, 0.6) is 0 Å². The third kappa shape index (κ3) is 4.11. The van der Waals surface area contributed by atoms with Crippen molar-refractivity contribution in [2.24, 2.45) is 5.73 Å². The van der Waals surface area contributed by atoms with E-state index in [0.717, 1.165) is 24.1 Å². The molecule has 0 atom stereocenters. The maximum atomic E-state index is 12.6. The van der Waals surface area contributed by atoms with Gasteiger partial charge in [-0.25, -0.2) is 0 Å². The lowest BCUT2D eigenvalue weighted by molar-refractivity contribution is 0.0706. The van der Waals surface area contributed by atoms with Gasteiger partial charge in [0.1, 0.15) is 0 Å². The minimum Gasteiger partial charge on any atom is -0.336 e. The summed E-state index contributed by atoms with van der Waals surface area (Å²) < 4.78 is 0. The highest BCUT2D eigenvalue weighted by Crippen LogP contribution is 2.14. The molecular formula is C17H24N2O. The van der Waals surface area contributed by atoms with Crippen molar-refractivity contribution in [3.8, 4) is 11.8 Å². The van der Waals surface area contributed by atoms with E-state index >= 15 is 0 Å². The van der Waals surface area contributed by atoms with Gasteiger partial charge in [0.05, 0.1) is 6.54 Å². The summed E-state index contributed by atoms with van der Waals surface area (Å²) in [6.45, 7) is 9.24. The van der Waals surface area contributed by atoms with Gasteiger partial charge in [0, 0.05) is 23.7 Å². The van der Waals surface area contributed by atoms with E-state index in [1.165, 1.54) is 0 Å². The molecule has 1 rings (SSSR count). The smallest absolute Gasteiger partial charge is 0.254 e. The van der Waals surface area contributed by atoms with E-state index in [2.05, 4.69) is 18.8 Å². The Kier molecular flexibility index (Phi) is 6.27. The minimum absolute atomic E-state index is 0.0673. The molecule has 0 saturated heterocycles. The number of hydrogen-bond donors (Lipinski definition) is 1. The lowest BCUT2D eigenvalue weighted by Crippen LogP contribution is -2.37. The number of nitrogens with zero attached hydrogens (tertiary/aromatic N) is 1. The minimum atomic E-state index is 0.0673. The maximum absolute atomic E-state index is 12.6. The van der Waals surface area contributed by atoms with Crippen molar-refractivity contribution in [2.45, 2.75) is 40.2 Å². The molecule has 1 aromatic rings. The zero-order valence-electron chi connectivity index (χ0n) is 12.9. The van der Waals surface area contributed by atoms with Crippen molar-refractivity contribution >= 4 is 5.91 Å². The van der Waals surface area contributed by atoms with Crippen LogP contribution in [0.15, 0.2) is 18.2 Å². The molecule has 20 heavy (non-hydrogen) atoms. The van der Waals surface area contributed by atoms with E-state index in [1.54, 1.807) is 0 Å². The molecule has 1 amide bonds. The number of benzene rings is 1. The number of carbonyl (C=O) groups excluding carboxylic acids is 1. The van der Waals surface area contributed by atoms with Gasteiger partial charge in [-0.05, 0) is 44.9 Å². The Morgan fingerprint density at radius 3 is 2.65 bits per heavy atom. The predicted molar refractivity (Wildman–Crippen MR) is 83.6 cm³/mol. The lowest BCUT2D eigenvalue weighted by atomic mass is 10.0. The first-order valence-corrected chi connectivity index (χ1v) is 7.11. The van der Waals surface area contributed by atoms with E-state index in [9.17, 15) is 4.79 Å². The van der Waals surface area contributed by atoms with Gasteiger partial charge < -0.3 is 10.6 Å². The summed E-state index contributed by atoms with van der Waals surface area (Å²) in [4.78, 5) is 14.5. The van der Waals surface area contributed by atoms with Gasteiger partial charge in [-0.1, -0.05) is 24.8 Å². The summed E-state index contributed by atoms with van der Waals surface area (Å²) >= 11 is 0. The second kappa shape index (κ2) is 7.72. The van der Waals surface area contributed by atoms with E-state index in [4.69, 9.17) is 5.73 Å². The van der Waals surface area contributed by atoms with Crippen LogP contribution in [-0.4, -0.2) is 29.9 Å². The Labute approximate surface area is 122 Å². The molecule has 0 aromatic heterocycles. The average Bonchev–Trinajstić information content (AvgIpc) is 2.42. The van der Waals surface area contributed by atoms with Crippen LogP contribution in [-0.2, 0) is 0 Å². The molecule has 0 unspecified atom stereocenters. The van der Waals surface area contributed by atoms with Crippen molar-refractivity contribution in [1.29, 1.82) is 0 Å². The van der Waals surface area contributed by atoms with Gasteiger partial charge in [0.2, 0.25) is 0 Å². The highest BCUT2D eigenvalue weighted by molar-refractivity contribution is 5.95. The van der Waals surface area contributed by atoms with Crippen LogP contribution in [0.1, 0.15) is 48.7 Å². The van der Waals surface area contributed by atoms with Gasteiger partial charge in [-0.2, -0.15) is 0 Å². The molecule has 0 spiro atoms. The Hall–Kier alpha value is -1.79. The summed E-state index contributed by atoms with van der Waals surface area (Å²) in [5.74, 6) is 5.93. The fraction of sp³-hybridized carbons (Fsp3) is 0.471. The summed E-state index contributed by atoms with van der Waals surface area (Å²) in [7, 11) is 0. The van der Waals surface area contributed by atoms with E-state index in [-0.39, 0.29) is 11.9 Å². The molecule has 108 valence electrons. The molecule has 0 heterocycles. The molecule has 0 aliphatic rings. The van der Waals surface area contributed by atoms with Gasteiger partial charge in [0.25, 0.3) is 5.91 Å². The van der Waals surface area contributed by atoms with Gasteiger partial charge >= 0.3 is 0 Å². The van der Waals surface area contributed by atoms with Crippen molar-refractivity contribution in [3.63, 3.8) is 0 Å². The number of hydrogen-bond acceptors (Lipinski definition) is 2. The van der Waals surface area contributed by atoms with Gasteiger partial charge in [0.15, 0.2) is 0 Å². The molecule has 1 aromatic carbocycles. The molecule has 0 saturated carbocycles.